The number of carbonyl (C=O) groups excluding carboxylic acids is 1. The topological polar surface area (TPSA) is 55.1 Å². The molecule has 1 aliphatic rings. The van der Waals surface area contributed by atoms with Crippen LogP contribution in [0.4, 0.5) is 0 Å². The van der Waals surface area contributed by atoms with Crippen LogP contribution in [0, 0.1) is 5.41 Å². The van der Waals surface area contributed by atoms with E-state index < -0.39 is 0 Å². The lowest BCUT2D eigenvalue weighted by Crippen LogP contribution is -2.42. The Kier molecular flexibility index (Phi) is 4.00. The molecule has 1 amide bonds. The average molecular weight is 226 g/mol. The van der Waals surface area contributed by atoms with Crippen LogP contribution >= 0.6 is 0 Å². The second kappa shape index (κ2) is 4.74. The molecule has 1 aliphatic carbocycles. The van der Waals surface area contributed by atoms with E-state index in [-0.39, 0.29) is 16.9 Å². The van der Waals surface area contributed by atoms with E-state index in [0.717, 1.165) is 12.8 Å². The number of nitrogens with one attached hydrogen (secondary N) is 1. The molecule has 0 aromatic heterocycles. The van der Waals surface area contributed by atoms with Crippen molar-refractivity contribution in [2.45, 2.75) is 71.4 Å². The highest BCUT2D eigenvalue weighted by Crippen LogP contribution is 2.37. The predicted molar refractivity (Wildman–Crippen MR) is 67.1 cm³/mol. The van der Waals surface area contributed by atoms with E-state index >= 15 is 0 Å². The van der Waals surface area contributed by atoms with E-state index in [1.165, 1.54) is 12.8 Å². The first-order chi connectivity index (χ1) is 7.21. The van der Waals surface area contributed by atoms with Crippen molar-refractivity contribution < 1.29 is 4.79 Å². The van der Waals surface area contributed by atoms with Crippen LogP contribution in [0.15, 0.2) is 0 Å². The molecule has 1 rings (SSSR count). The summed E-state index contributed by atoms with van der Waals surface area (Å²) in [4.78, 5) is 11.8. The van der Waals surface area contributed by atoms with Gasteiger partial charge in [-0.2, -0.15) is 0 Å². The van der Waals surface area contributed by atoms with Gasteiger partial charge in [-0.1, -0.05) is 20.3 Å². The van der Waals surface area contributed by atoms with Crippen LogP contribution in [0.5, 0.6) is 0 Å². The van der Waals surface area contributed by atoms with Gasteiger partial charge in [0.2, 0.25) is 5.91 Å². The third-order valence-corrected chi connectivity index (χ3v) is 3.59. The Bertz CT molecular complexity index is 253. The molecule has 0 aromatic carbocycles. The van der Waals surface area contributed by atoms with Crippen molar-refractivity contribution in [1.29, 1.82) is 0 Å². The molecule has 3 nitrogen and oxygen atoms in total. The van der Waals surface area contributed by atoms with Crippen LogP contribution in [0.1, 0.15) is 59.8 Å². The van der Waals surface area contributed by atoms with Crippen LogP contribution in [-0.2, 0) is 4.79 Å². The quantitative estimate of drug-likeness (QED) is 0.772. The van der Waals surface area contributed by atoms with Gasteiger partial charge in [0.15, 0.2) is 0 Å². The summed E-state index contributed by atoms with van der Waals surface area (Å²) in [5.41, 5.74) is 5.88. The summed E-state index contributed by atoms with van der Waals surface area (Å²) in [6.07, 6.45) is 4.83. The van der Waals surface area contributed by atoms with Crippen LogP contribution in [0.3, 0.4) is 0 Å². The van der Waals surface area contributed by atoms with E-state index in [1.807, 2.05) is 13.8 Å². The minimum atomic E-state index is -0.247. The molecule has 1 atom stereocenters. The lowest BCUT2D eigenvalue weighted by atomic mass is 9.87. The Balaban J connectivity index is 2.35. The molecule has 0 aromatic rings. The van der Waals surface area contributed by atoms with E-state index in [2.05, 4.69) is 19.2 Å². The minimum absolute atomic E-state index is 0.151. The molecule has 0 saturated heterocycles. The standard InChI is InChI=1S/C13H26N2O/c1-12(2)8-5-6-10(12)15-11(16)7-9-13(3,4)14/h10H,5-9,14H2,1-4H3,(H,15,16). The molecule has 0 aliphatic heterocycles. The average Bonchev–Trinajstić information content (AvgIpc) is 2.42. The monoisotopic (exact) mass is 226 g/mol. The fourth-order valence-electron chi connectivity index (χ4n) is 2.30. The number of carbonyl (C=O) groups is 1. The predicted octanol–water partition coefficient (Wildman–Crippen LogP) is 2.20. The maximum absolute atomic E-state index is 11.8. The van der Waals surface area contributed by atoms with Gasteiger partial charge in [-0.15, -0.1) is 0 Å². The fourth-order valence-corrected chi connectivity index (χ4v) is 2.30. The van der Waals surface area contributed by atoms with Crippen molar-refractivity contribution in [3.05, 3.63) is 0 Å². The zero-order valence-corrected chi connectivity index (χ0v) is 11.1. The molecule has 16 heavy (non-hydrogen) atoms. The summed E-state index contributed by atoms with van der Waals surface area (Å²) in [7, 11) is 0. The van der Waals surface area contributed by atoms with Crippen molar-refractivity contribution in [1.82, 2.24) is 5.32 Å². The highest BCUT2D eigenvalue weighted by Gasteiger charge is 2.35. The highest BCUT2D eigenvalue weighted by molar-refractivity contribution is 5.76. The molecule has 3 N–H and O–H groups in total. The molecule has 1 saturated carbocycles. The third-order valence-electron chi connectivity index (χ3n) is 3.59. The summed E-state index contributed by atoms with van der Waals surface area (Å²) < 4.78 is 0. The summed E-state index contributed by atoms with van der Waals surface area (Å²) >= 11 is 0. The van der Waals surface area contributed by atoms with Gasteiger partial charge >= 0.3 is 0 Å². The van der Waals surface area contributed by atoms with Crippen molar-refractivity contribution in [3.8, 4) is 0 Å². The number of hydrogen-bond acceptors (Lipinski definition) is 2. The first-order valence-electron chi connectivity index (χ1n) is 6.29. The first kappa shape index (κ1) is 13.5. The Labute approximate surface area is 99.2 Å². The Morgan fingerprint density at radius 2 is 2.12 bits per heavy atom. The van der Waals surface area contributed by atoms with Crippen LogP contribution < -0.4 is 11.1 Å². The summed E-state index contributed by atoms with van der Waals surface area (Å²) in [6, 6.07) is 0.348. The lowest BCUT2D eigenvalue weighted by molar-refractivity contribution is -0.122. The Morgan fingerprint density at radius 3 is 2.56 bits per heavy atom. The molecule has 3 heteroatoms. The van der Waals surface area contributed by atoms with E-state index in [4.69, 9.17) is 5.73 Å². The molecule has 0 bridgehead atoms. The number of amides is 1. The number of hydrogen-bond donors (Lipinski definition) is 2. The van der Waals surface area contributed by atoms with Gasteiger partial charge in [0.05, 0.1) is 0 Å². The SMILES string of the molecule is CC(C)(N)CCC(=O)NC1CCCC1(C)C. The molecule has 1 unspecified atom stereocenters. The van der Waals surface area contributed by atoms with Crippen LogP contribution in [0.2, 0.25) is 0 Å². The fraction of sp³-hybridized carbons (Fsp3) is 0.923. The van der Waals surface area contributed by atoms with E-state index in [0.29, 0.717) is 12.5 Å². The van der Waals surface area contributed by atoms with Crippen LogP contribution in [-0.4, -0.2) is 17.5 Å². The zero-order chi connectivity index (χ0) is 12.4. The molecular weight excluding hydrogens is 200 g/mol. The third kappa shape index (κ3) is 4.12. The molecule has 0 radical (unpaired) electrons. The molecule has 0 heterocycles. The van der Waals surface area contributed by atoms with Gasteiger partial charge in [0.1, 0.15) is 0 Å². The Hall–Kier alpha value is -0.570. The van der Waals surface area contributed by atoms with Crippen molar-refractivity contribution in [2.75, 3.05) is 0 Å². The molecule has 0 spiro atoms. The summed E-state index contributed by atoms with van der Waals surface area (Å²) in [6.45, 7) is 8.38. The normalized spacial score (nSPS) is 24.4. The van der Waals surface area contributed by atoms with Gasteiger partial charge in [0.25, 0.3) is 0 Å². The van der Waals surface area contributed by atoms with E-state index in [9.17, 15) is 4.79 Å². The molecule has 94 valence electrons. The Morgan fingerprint density at radius 1 is 1.50 bits per heavy atom. The highest BCUT2D eigenvalue weighted by atomic mass is 16.1. The maximum atomic E-state index is 11.8. The van der Waals surface area contributed by atoms with Gasteiger partial charge in [-0.25, -0.2) is 0 Å². The van der Waals surface area contributed by atoms with Crippen molar-refractivity contribution in [2.24, 2.45) is 11.1 Å². The second-order valence-corrected chi connectivity index (χ2v) is 6.49. The lowest BCUT2D eigenvalue weighted by Gasteiger charge is -2.28. The van der Waals surface area contributed by atoms with Gasteiger partial charge in [-0.05, 0) is 38.5 Å². The second-order valence-electron chi connectivity index (χ2n) is 6.49. The largest absolute Gasteiger partial charge is 0.353 e. The van der Waals surface area contributed by atoms with Crippen molar-refractivity contribution in [3.63, 3.8) is 0 Å². The van der Waals surface area contributed by atoms with Crippen molar-refractivity contribution >= 4 is 5.91 Å². The van der Waals surface area contributed by atoms with Crippen LogP contribution in [0.25, 0.3) is 0 Å². The maximum Gasteiger partial charge on any atom is 0.220 e. The first-order valence-corrected chi connectivity index (χ1v) is 6.29. The molecule has 1 fully saturated rings. The number of nitrogens with two attached hydrogens (primary N) is 1. The smallest absolute Gasteiger partial charge is 0.220 e. The molecular formula is C13H26N2O. The van der Waals surface area contributed by atoms with Gasteiger partial charge in [0, 0.05) is 18.0 Å². The number of rotatable bonds is 4. The van der Waals surface area contributed by atoms with E-state index in [1.54, 1.807) is 0 Å². The zero-order valence-electron chi connectivity index (χ0n) is 11.1. The van der Waals surface area contributed by atoms with Gasteiger partial charge < -0.3 is 11.1 Å². The summed E-state index contributed by atoms with van der Waals surface area (Å²) in [5, 5.41) is 3.15. The van der Waals surface area contributed by atoms with Gasteiger partial charge in [-0.3, -0.25) is 4.79 Å². The summed E-state index contributed by atoms with van der Waals surface area (Å²) in [5.74, 6) is 0.151. The minimum Gasteiger partial charge on any atom is -0.353 e.